The van der Waals surface area contributed by atoms with E-state index in [9.17, 15) is 4.39 Å². The van der Waals surface area contributed by atoms with Crippen LogP contribution in [-0.4, -0.2) is 23.2 Å². The third-order valence-electron chi connectivity index (χ3n) is 2.97. The molecule has 0 radical (unpaired) electrons. The first kappa shape index (κ1) is 14.9. The van der Waals surface area contributed by atoms with Gasteiger partial charge in [-0.25, -0.2) is 9.37 Å². The molecule has 1 aromatic carbocycles. The van der Waals surface area contributed by atoms with Crippen molar-refractivity contribution >= 4 is 11.6 Å². The molecule has 3 nitrogen and oxygen atoms in total. The molecule has 0 bridgehead atoms. The predicted molar refractivity (Wildman–Crippen MR) is 78.1 cm³/mol. The molecule has 0 amide bonds. The normalized spacial score (nSPS) is 10.8. The van der Waals surface area contributed by atoms with Crippen LogP contribution in [0.5, 0.6) is 0 Å². The summed E-state index contributed by atoms with van der Waals surface area (Å²) in [6.45, 7) is 1.41. The van der Waals surface area contributed by atoms with Gasteiger partial charge >= 0.3 is 0 Å². The summed E-state index contributed by atoms with van der Waals surface area (Å²) < 4.78 is 13.0. The lowest BCUT2D eigenvalue weighted by molar-refractivity contribution is 0.286. The summed E-state index contributed by atoms with van der Waals surface area (Å²) in [6.07, 6.45) is 2.32. The average molecular weight is 295 g/mol. The second-order valence-electron chi connectivity index (χ2n) is 4.39. The zero-order valence-electron chi connectivity index (χ0n) is 10.9. The minimum atomic E-state index is -0.267. The van der Waals surface area contributed by atoms with Gasteiger partial charge in [0.15, 0.2) is 0 Å². The first-order valence-electron chi connectivity index (χ1n) is 6.43. The molecule has 0 aliphatic heterocycles. The summed E-state index contributed by atoms with van der Waals surface area (Å²) in [6, 6.07) is 8.15. The maximum absolute atomic E-state index is 13.0. The van der Waals surface area contributed by atoms with E-state index >= 15 is 0 Å². The van der Waals surface area contributed by atoms with Crippen LogP contribution in [0.2, 0.25) is 5.15 Å². The van der Waals surface area contributed by atoms with Gasteiger partial charge in [0.2, 0.25) is 0 Å². The van der Waals surface area contributed by atoms with Crippen LogP contribution in [0.15, 0.2) is 36.5 Å². The SMILES string of the molecule is OCCCNCc1c(-c2ccc(F)cc2)ccnc1Cl. The lowest BCUT2D eigenvalue weighted by Crippen LogP contribution is -2.16. The molecule has 0 saturated carbocycles. The Morgan fingerprint density at radius 2 is 1.95 bits per heavy atom. The summed E-state index contributed by atoms with van der Waals surface area (Å²) in [5, 5.41) is 12.4. The molecule has 1 aromatic heterocycles. The van der Waals surface area contributed by atoms with Gasteiger partial charge in [0.25, 0.3) is 0 Å². The van der Waals surface area contributed by atoms with Crippen LogP contribution < -0.4 is 5.32 Å². The minimum Gasteiger partial charge on any atom is -0.396 e. The van der Waals surface area contributed by atoms with Gasteiger partial charge in [0.1, 0.15) is 11.0 Å². The summed E-state index contributed by atoms with van der Waals surface area (Å²) >= 11 is 6.15. The van der Waals surface area contributed by atoms with Crippen LogP contribution in [0, 0.1) is 5.82 Å². The van der Waals surface area contributed by atoms with E-state index in [4.69, 9.17) is 16.7 Å². The largest absolute Gasteiger partial charge is 0.396 e. The quantitative estimate of drug-likeness (QED) is 0.636. The number of benzene rings is 1. The van der Waals surface area contributed by atoms with Crippen molar-refractivity contribution in [2.45, 2.75) is 13.0 Å². The van der Waals surface area contributed by atoms with Gasteiger partial charge in [-0.15, -0.1) is 0 Å². The van der Waals surface area contributed by atoms with Crippen molar-refractivity contribution in [1.82, 2.24) is 10.3 Å². The van der Waals surface area contributed by atoms with Gasteiger partial charge in [-0.2, -0.15) is 0 Å². The van der Waals surface area contributed by atoms with Crippen LogP contribution in [0.3, 0.4) is 0 Å². The van der Waals surface area contributed by atoms with Crippen molar-refractivity contribution in [3.63, 3.8) is 0 Å². The molecular weight excluding hydrogens is 279 g/mol. The van der Waals surface area contributed by atoms with Crippen molar-refractivity contribution < 1.29 is 9.50 Å². The van der Waals surface area contributed by atoms with Crippen molar-refractivity contribution in [3.05, 3.63) is 53.1 Å². The smallest absolute Gasteiger partial charge is 0.134 e. The van der Waals surface area contributed by atoms with Crippen molar-refractivity contribution in [2.75, 3.05) is 13.2 Å². The number of rotatable bonds is 6. The van der Waals surface area contributed by atoms with E-state index in [0.29, 0.717) is 24.7 Å². The Morgan fingerprint density at radius 1 is 1.20 bits per heavy atom. The minimum absolute atomic E-state index is 0.151. The lowest BCUT2D eigenvalue weighted by Gasteiger charge is -2.12. The van der Waals surface area contributed by atoms with Gasteiger partial charge in [-0.3, -0.25) is 0 Å². The molecule has 0 unspecified atom stereocenters. The zero-order chi connectivity index (χ0) is 14.4. The van der Waals surface area contributed by atoms with E-state index in [2.05, 4.69) is 10.3 Å². The topological polar surface area (TPSA) is 45.1 Å². The summed E-state index contributed by atoms with van der Waals surface area (Å²) in [5.41, 5.74) is 2.70. The Bertz CT molecular complexity index is 560. The van der Waals surface area contributed by atoms with E-state index in [-0.39, 0.29) is 12.4 Å². The van der Waals surface area contributed by atoms with Crippen LogP contribution in [0.25, 0.3) is 11.1 Å². The molecule has 2 aromatic rings. The molecule has 0 aliphatic rings. The van der Waals surface area contributed by atoms with Gasteiger partial charge in [-0.1, -0.05) is 23.7 Å². The molecule has 0 fully saturated rings. The third kappa shape index (κ3) is 3.76. The Hall–Kier alpha value is -1.49. The second kappa shape index (κ2) is 7.33. The fourth-order valence-corrected chi connectivity index (χ4v) is 2.18. The van der Waals surface area contributed by atoms with E-state index in [0.717, 1.165) is 16.7 Å². The number of aromatic nitrogens is 1. The Labute approximate surface area is 122 Å². The summed E-state index contributed by atoms with van der Waals surface area (Å²) in [5.74, 6) is -0.267. The van der Waals surface area contributed by atoms with Crippen molar-refractivity contribution in [1.29, 1.82) is 0 Å². The highest BCUT2D eigenvalue weighted by atomic mass is 35.5. The number of hydrogen-bond acceptors (Lipinski definition) is 3. The number of nitrogens with zero attached hydrogens (tertiary/aromatic N) is 1. The lowest BCUT2D eigenvalue weighted by atomic mass is 10.0. The van der Waals surface area contributed by atoms with Crippen LogP contribution in [0.1, 0.15) is 12.0 Å². The Kier molecular flexibility index (Phi) is 5.47. The Balaban J connectivity index is 2.23. The van der Waals surface area contributed by atoms with Gasteiger partial charge in [-0.05, 0) is 42.3 Å². The van der Waals surface area contributed by atoms with E-state index in [1.54, 1.807) is 18.3 Å². The molecule has 1 heterocycles. The summed E-state index contributed by atoms with van der Waals surface area (Å²) in [4.78, 5) is 4.08. The highest BCUT2D eigenvalue weighted by molar-refractivity contribution is 6.30. The number of halogens is 2. The van der Waals surface area contributed by atoms with Crippen molar-refractivity contribution in [2.24, 2.45) is 0 Å². The molecule has 2 N–H and O–H groups in total. The molecule has 0 atom stereocenters. The number of aliphatic hydroxyl groups excluding tert-OH is 1. The van der Waals surface area contributed by atoms with E-state index in [1.807, 2.05) is 6.07 Å². The molecule has 2 rings (SSSR count). The zero-order valence-corrected chi connectivity index (χ0v) is 11.7. The average Bonchev–Trinajstić information content (AvgIpc) is 2.46. The molecular formula is C15H16ClFN2O. The number of pyridine rings is 1. The first-order valence-corrected chi connectivity index (χ1v) is 6.81. The molecule has 0 spiro atoms. The first-order chi connectivity index (χ1) is 9.72. The standard InChI is InChI=1S/C15H16ClFN2O/c16-15-14(10-18-7-1-9-20)13(6-8-19-15)11-2-4-12(17)5-3-11/h2-6,8,18,20H,1,7,9-10H2. The molecule has 5 heteroatoms. The fraction of sp³-hybridized carbons (Fsp3) is 0.267. The van der Waals surface area contributed by atoms with E-state index in [1.165, 1.54) is 12.1 Å². The second-order valence-corrected chi connectivity index (χ2v) is 4.75. The maximum Gasteiger partial charge on any atom is 0.134 e. The monoisotopic (exact) mass is 294 g/mol. The van der Waals surface area contributed by atoms with Gasteiger partial charge in [0.05, 0.1) is 0 Å². The number of aliphatic hydroxyl groups is 1. The fourth-order valence-electron chi connectivity index (χ4n) is 1.95. The van der Waals surface area contributed by atoms with Crippen LogP contribution in [-0.2, 0) is 6.54 Å². The van der Waals surface area contributed by atoms with Gasteiger partial charge in [0, 0.05) is 24.9 Å². The van der Waals surface area contributed by atoms with E-state index < -0.39 is 0 Å². The predicted octanol–water partition coefficient (Wildman–Crippen LogP) is 3.01. The highest BCUT2D eigenvalue weighted by Gasteiger charge is 2.10. The highest BCUT2D eigenvalue weighted by Crippen LogP contribution is 2.27. The van der Waals surface area contributed by atoms with Crippen LogP contribution in [0.4, 0.5) is 4.39 Å². The van der Waals surface area contributed by atoms with Gasteiger partial charge < -0.3 is 10.4 Å². The number of nitrogens with one attached hydrogen (secondary N) is 1. The molecule has 0 aliphatic carbocycles. The van der Waals surface area contributed by atoms with Crippen molar-refractivity contribution in [3.8, 4) is 11.1 Å². The summed E-state index contributed by atoms with van der Waals surface area (Å²) in [7, 11) is 0. The Morgan fingerprint density at radius 3 is 2.65 bits per heavy atom. The maximum atomic E-state index is 13.0. The van der Waals surface area contributed by atoms with Crippen LogP contribution >= 0.6 is 11.6 Å². The number of hydrogen-bond donors (Lipinski definition) is 2. The molecule has 106 valence electrons. The molecule has 20 heavy (non-hydrogen) atoms. The molecule has 0 saturated heterocycles. The third-order valence-corrected chi connectivity index (χ3v) is 3.30.